The molecule has 0 radical (unpaired) electrons. The first-order valence-corrected chi connectivity index (χ1v) is 20.3. The number of carbonyl (C=O) groups is 2. The highest BCUT2D eigenvalue weighted by Crippen LogP contribution is 2.34. The number of carbonyl (C=O) groups excluding carboxylic acids is 2. The molecule has 3 aromatic carbocycles. The van der Waals surface area contributed by atoms with Gasteiger partial charge in [-0.05, 0) is 82.9 Å². The highest BCUT2D eigenvalue weighted by atomic mass is 16.6. The van der Waals surface area contributed by atoms with Crippen molar-refractivity contribution in [3.63, 3.8) is 0 Å². The molecule has 17 heteroatoms. The van der Waals surface area contributed by atoms with Crippen molar-refractivity contribution in [2.75, 3.05) is 70.8 Å². The maximum atomic E-state index is 13.0. The average molecular weight is 814 g/mol. The van der Waals surface area contributed by atoms with Crippen LogP contribution >= 0.6 is 0 Å². The Morgan fingerprint density at radius 1 is 0.817 bits per heavy atom. The van der Waals surface area contributed by atoms with Gasteiger partial charge in [-0.1, -0.05) is 30.7 Å². The Morgan fingerprint density at radius 3 is 2.37 bits per heavy atom. The third-order valence-corrected chi connectivity index (χ3v) is 10.8. The standard InChI is InChI=1S/C43H47N11O6/c55-38(10-5-2-6-19-44-35-16-17-36(48-57)41-40(35)49-60-50-41)45-20-23-52-26-24-51(25-27-52)21-7-11-39(56)53-28-31(29-53)54-22-18-37-42(54)43(47-30-46-37)59-34-14-12-33(13-15-34)58-32-8-3-1-4-9-32/h1,3-4,7-9,11-18,22,30-31,44H,2,5-6,10,19-21,23-29H2,(H,45,55)/b11-7+. The molecule has 310 valence electrons. The molecule has 3 aromatic heterocycles. The summed E-state index contributed by atoms with van der Waals surface area (Å²) < 4.78 is 19.0. The minimum Gasteiger partial charge on any atom is -0.457 e. The van der Waals surface area contributed by atoms with Crippen LogP contribution < -0.4 is 20.1 Å². The van der Waals surface area contributed by atoms with E-state index in [9.17, 15) is 14.5 Å². The van der Waals surface area contributed by atoms with Gasteiger partial charge < -0.3 is 29.6 Å². The van der Waals surface area contributed by atoms with Crippen molar-refractivity contribution in [1.29, 1.82) is 0 Å². The number of hydrogen-bond acceptors (Lipinski definition) is 14. The van der Waals surface area contributed by atoms with Crippen LogP contribution in [0.1, 0.15) is 31.7 Å². The van der Waals surface area contributed by atoms with Crippen LogP contribution in [0.25, 0.3) is 22.1 Å². The number of benzene rings is 3. The number of fused-ring (bicyclic) bond motifs is 2. The lowest BCUT2D eigenvalue weighted by Gasteiger charge is -2.40. The number of ether oxygens (including phenoxy) is 2. The number of hydrogen-bond donors (Lipinski definition) is 2. The van der Waals surface area contributed by atoms with E-state index in [-0.39, 0.29) is 23.5 Å². The van der Waals surface area contributed by atoms with Crippen LogP contribution in [0.15, 0.2) is 107 Å². The lowest BCUT2D eigenvalue weighted by atomic mass is 10.1. The molecular weight excluding hydrogens is 767 g/mol. The summed E-state index contributed by atoms with van der Waals surface area (Å²) in [5, 5.41) is 16.9. The SMILES string of the molecule is O=Nc1ccc(NCCCCCC(=O)NCCN2CCN(C/C=C/C(=O)N3CC(n4ccc5ncnc(Oc6ccc(Oc7ccccc7)cc6)c54)C3)CC2)c2nonc12. The van der Waals surface area contributed by atoms with Crippen molar-refractivity contribution >= 4 is 45.3 Å². The quantitative estimate of drug-likeness (QED) is 0.0528. The first kappa shape index (κ1) is 40.1. The summed E-state index contributed by atoms with van der Waals surface area (Å²) in [6.07, 6.45) is 10.2. The molecule has 2 saturated heterocycles. The number of rotatable bonds is 19. The van der Waals surface area contributed by atoms with Gasteiger partial charge in [-0.25, -0.2) is 9.61 Å². The number of nitroso groups, excluding NO2 is 1. The number of anilines is 1. The second-order valence-corrected chi connectivity index (χ2v) is 14.8. The zero-order valence-corrected chi connectivity index (χ0v) is 33.2. The van der Waals surface area contributed by atoms with Crippen LogP contribution in [0.3, 0.4) is 0 Å². The second-order valence-electron chi connectivity index (χ2n) is 14.8. The number of likely N-dealkylation sites (tertiary alicyclic amines) is 1. The van der Waals surface area contributed by atoms with Crippen LogP contribution in [-0.2, 0) is 9.59 Å². The lowest BCUT2D eigenvalue weighted by Crippen LogP contribution is -2.50. The first-order chi connectivity index (χ1) is 29.5. The van der Waals surface area contributed by atoms with Crippen LogP contribution in [0.5, 0.6) is 23.1 Å². The second kappa shape index (κ2) is 19.4. The van der Waals surface area contributed by atoms with Crippen LogP contribution in [-0.4, -0.2) is 117 Å². The predicted octanol–water partition coefficient (Wildman–Crippen LogP) is 6.30. The van der Waals surface area contributed by atoms with E-state index in [0.29, 0.717) is 67.6 Å². The molecule has 2 amide bonds. The largest absolute Gasteiger partial charge is 0.457 e. The molecule has 2 aliphatic heterocycles. The molecule has 2 aliphatic rings. The summed E-state index contributed by atoms with van der Waals surface area (Å²) in [5.41, 5.74) is 3.31. The zero-order chi connectivity index (χ0) is 41.1. The molecule has 5 heterocycles. The molecule has 0 unspecified atom stereocenters. The Hall–Kier alpha value is -6.72. The van der Waals surface area contributed by atoms with E-state index >= 15 is 0 Å². The fourth-order valence-corrected chi connectivity index (χ4v) is 7.39. The maximum Gasteiger partial charge on any atom is 0.247 e. The molecule has 0 atom stereocenters. The van der Waals surface area contributed by atoms with E-state index in [4.69, 9.17) is 14.1 Å². The number of piperazine rings is 1. The molecule has 0 saturated carbocycles. The minimum atomic E-state index is 0.00545. The molecule has 60 heavy (non-hydrogen) atoms. The topological polar surface area (TPSA) is 185 Å². The molecular formula is C43H47N11O6. The molecule has 0 spiro atoms. The number of amides is 2. The Bertz CT molecular complexity index is 2410. The van der Waals surface area contributed by atoms with Gasteiger partial charge in [0.05, 0.1) is 17.2 Å². The summed E-state index contributed by atoms with van der Waals surface area (Å²) in [5.74, 6) is 2.62. The van der Waals surface area contributed by atoms with Crippen molar-refractivity contribution in [3.05, 3.63) is 102 Å². The van der Waals surface area contributed by atoms with Gasteiger partial charge in [-0.15, -0.1) is 4.91 Å². The van der Waals surface area contributed by atoms with Gasteiger partial charge in [-0.2, -0.15) is 4.98 Å². The summed E-state index contributed by atoms with van der Waals surface area (Å²) in [7, 11) is 0. The molecule has 2 fully saturated rings. The monoisotopic (exact) mass is 813 g/mol. The third-order valence-electron chi connectivity index (χ3n) is 10.8. The molecule has 6 aromatic rings. The van der Waals surface area contributed by atoms with Gasteiger partial charge in [0.1, 0.15) is 34.8 Å². The van der Waals surface area contributed by atoms with Crippen LogP contribution in [0.2, 0.25) is 0 Å². The lowest BCUT2D eigenvalue weighted by molar-refractivity contribution is -0.131. The number of para-hydroxylation sites is 1. The zero-order valence-electron chi connectivity index (χ0n) is 33.2. The molecule has 2 N–H and O–H groups in total. The maximum absolute atomic E-state index is 13.0. The predicted molar refractivity (Wildman–Crippen MR) is 225 cm³/mol. The van der Waals surface area contributed by atoms with Crippen LogP contribution in [0.4, 0.5) is 11.4 Å². The van der Waals surface area contributed by atoms with Crippen molar-refractivity contribution in [2.45, 2.75) is 31.7 Å². The van der Waals surface area contributed by atoms with Crippen molar-refractivity contribution in [3.8, 4) is 23.1 Å². The number of unbranched alkanes of at least 4 members (excludes halogenated alkanes) is 2. The van der Waals surface area contributed by atoms with Gasteiger partial charge in [0.15, 0.2) is 11.0 Å². The van der Waals surface area contributed by atoms with Gasteiger partial charge in [0, 0.05) is 84.1 Å². The van der Waals surface area contributed by atoms with E-state index in [2.05, 4.69) is 50.5 Å². The molecule has 0 bridgehead atoms. The number of aromatic nitrogens is 5. The van der Waals surface area contributed by atoms with E-state index in [0.717, 1.165) is 74.5 Å². The summed E-state index contributed by atoms with van der Waals surface area (Å²) in [6, 6.07) is 22.4. The van der Waals surface area contributed by atoms with E-state index in [1.165, 1.54) is 6.33 Å². The third kappa shape index (κ3) is 9.93. The van der Waals surface area contributed by atoms with E-state index in [1.54, 1.807) is 18.2 Å². The Balaban J connectivity index is 0.691. The highest BCUT2D eigenvalue weighted by Gasteiger charge is 2.32. The molecule has 17 nitrogen and oxygen atoms in total. The smallest absolute Gasteiger partial charge is 0.247 e. The fraction of sp³-hybridized carbons (Fsp3) is 0.349. The van der Waals surface area contributed by atoms with Crippen LogP contribution in [0, 0.1) is 4.91 Å². The van der Waals surface area contributed by atoms with E-state index in [1.807, 2.05) is 77.8 Å². The molecule has 0 aliphatic carbocycles. The fourth-order valence-electron chi connectivity index (χ4n) is 7.39. The van der Waals surface area contributed by atoms with Gasteiger partial charge >= 0.3 is 0 Å². The van der Waals surface area contributed by atoms with Gasteiger partial charge in [0.25, 0.3) is 0 Å². The number of nitrogens with one attached hydrogen (secondary N) is 2. The molecule has 8 rings (SSSR count). The first-order valence-electron chi connectivity index (χ1n) is 20.3. The van der Waals surface area contributed by atoms with Crippen molar-refractivity contribution in [2.24, 2.45) is 5.18 Å². The normalized spacial score (nSPS) is 15.0. The average Bonchev–Trinajstić information content (AvgIpc) is 3.93. The Morgan fingerprint density at radius 2 is 1.57 bits per heavy atom. The summed E-state index contributed by atoms with van der Waals surface area (Å²) in [4.78, 5) is 51.8. The van der Waals surface area contributed by atoms with Crippen molar-refractivity contribution in [1.82, 2.24) is 44.9 Å². The van der Waals surface area contributed by atoms with Crippen molar-refractivity contribution < 1.29 is 23.7 Å². The van der Waals surface area contributed by atoms with Gasteiger partial charge in [0.2, 0.25) is 17.7 Å². The van der Waals surface area contributed by atoms with Gasteiger partial charge in [-0.3, -0.25) is 19.4 Å². The summed E-state index contributed by atoms with van der Waals surface area (Å²) in [6.45, 7) is 7.66. The highest BCUT2D eigenvalue weighted by molar-refractivity contribution is 5.94. The number of nitrogens with zero attached hydrogens (tertiary/aromatic N) is 9. The minimum absolute atomic E-state index is 0.00545. The Kier molecular flexibility index (Phi) is 12.9. The van der Waals surface area contributed by atoms with E-state index < -0.39 is 0 Å². The Labute approximate surface area is 346 Å². The summed E-state index contributed by atoms with van der Waals surface area (Å²) >= 11 is 0.